The summed E-state index contributed by atoms with van der Waals surface area (Å²) in [7, 11) is 0.705. The molecule has 2 rings (SSSR count). The molecule has 1 heterocycles. The van der Waals surface area contributed by atoms with Crippen LogP contribution >= 0.6 is 0 Å². The Hall–Kier alpha value is -1.44. The van der Waals surface area contributed by atoms with Crippen LogP contribution < -0.4 is 5.32 Å². The van der Waals surface area contributed by atoms with E-state index in [9.17, 15) is 13.2 Å². The maximum atomic E-state index is 12.3. The van der Waals surface area contributed by atoms with Gasteiger partial charge in [0, 0.05) is 19.6 Å². The topological polar surface area (TPSA) is 69.7 Å². The molecule has 1 N–H and O–H groups in total. The standard InChI is InChI=1S/C16H25N3O3S/c1-18(2)12-14-8-6-13(7-9-14)11-17-16(20)15-5-4-10-19(15)23(3,21)22/h6-9,15H,4-5,10-12H2,1-3H3,(H,17,20)/t15-/m0/s1. The Morgan fingerprint density at radius 3 is 2.43 bits per heavy atom. The Balaban J connectivity index is 1.91. The molecule has 7 heteroatoms. The molecule has 23 heavy (non-hydrogen) atoms. The molecule has 1 fully saturated rings. The van der Waals surface area contributed by atoms with Gasteiger partial charge < -0.3 is 10.2 Å². The molecule has 1 saturated heterocycles. The third-order valence-corrected chi connectivity index (χ3v) is 5.21. The molecule has 0 aromatic heterocycles. The molecule has 128 valence electrons. The van der Waals surface area contributed by atoms with Crippen LogP contribution in [-0.2, 0) is 27.9 Å². The fraction of sp³-hybridized carbons (Fsp3) is 0.562. The smallest absolute Gasteiger partial charge is 0.238 e. The molecule has 0 saturated carbocycles. The van der Waals surface area contributed by atoms with Crippen LogP contribution in [-0.4, -0.2) is 56.5 Å². The minimum atomic E-state index is -3.33. The van der Waals surface area contributed by atoms with E-state index >= 15 is 0 Å². The summed E-state index contributed by atoms with van der Waals surface area (Å²) in [6.07, 6.45) is 2.47. The van der Waals surface area contributed by atoms with Crippen molar-refractivity contribution in [2.24, 2.45) is 0 Å². The van der Waals surface area contributed by atoms with Crippen LogP contribution in [0.4, 0.5) is 0 Å². The molecule has 1 aliphatic rings. The van der Waals surface area contributed by atoms with Crippen molar-refractivity contribution in [1.29, 1.82) is 0 Å². The van der Waals surface area contributed by atoms with Crippen molar-refractivity contribution < 1.29 is 13.2 Å². The number of rotatable bonds is 6. The minimum Gasteiger partial charge on any atom is -0.351 e. The molecule has 0 spiro atoms. The van der Waals surface area contributed by atoms with Gasteiger partial charge in [-0.3, -0.25) is 4.79 Å². The number of carbonyl (C=O) groups is 1. The molecule has 0 unspecified atom stereocenters. The Kier molecular flexibility index (Phi) is 5.78. The highest BCUT2D eigenvalue weighted by Gasteiger charge is 2.36. The predicted molar refractivity (Wildman–Crippen MR) is 90.3 cm³/mol. The lowest BCUT2D eigenvalue weighted by Gasteiger charge is -2.21. The molecular formula is C16H25N3O3S. The van der Waals surface area contributed by atoms with Gasteiger partial charge in [0.2, 0.25) is 15.9 Å². The van der Waals surface area contributed by atoms with E-state index in [0.717, 1.165) is 24.8 Å². The first-order valence-electron chi connectivity index (χ1n) is 7.74. The highest BCUT2D eigenvalue weighted by atomic mass is 32.2. The lowest BCUT2D eigenvalue weighted by molar-refractivity contribution is -0.124. The van der Waals surface area contributed by atoms with E-state index in [1.54, 1.807) is 0 Å². The van der Waals surface area contributed by atoms with Crippen LogP contribution in [0.1, 0.15) is 24.0 Å². The fourth-order valence-corrected chi connectivity index (χ4v) is 3.96. The molecule has 1 aromatic carbocycles. The summed E-state index contributed by atoms with van der Waals surface area (Å²) in [5, 5.41) is 2.85. The van der Waals surface area contributed by atoms with E-state index in [4.69, 9.17) is 0 Å². The quantitative estimate of drug-likeness (QED) is 0.832. The van der Waals surface area contributed by atoms with E-state index < -0.39 is 16.1 Å². The first-order chi connectivity index (χ1) is 10.8. The zero-order valence-corrected chi connectivity index (χ0v) is 14.8. The maximum Gasteiger partial charge on any atom is 0.238 e. The number of hydrogen-bond acceptors (Lipinski definition) is 4. The van der Waals surface area contributed by atoms with E-state index in [2.05, 4.69) is 10.2 Å². The summed E-state index contributed by atoms with van der Waals surface area (Å²) >= 11 is 0. The van der Waals surface area contributed by atoms with E-state index in [-0.39, 0.29) is 5.91 Å². The zero-order valence-electron chi connectivity index (χ0n) is 13.9. The van der Waals surface area contributed by atoms with Gasteiger partial charge in [-0.1, -0.05) is 24.3 Å². The van der Waals surface area contributed by atoms with Gasteiger partial charge in [-0.05, 0) is 38.1 Å². The first kappa shape index (κ1) is 17.9. The van der Waals surface area contributed by atoms with E-state index in [1.807, 2.05) is 38.4 Å². The Morgan fingerprint density at radius 2 is 1.87 bits per heavy atom. The number of nitrogens with zero attached hydrogens (tertiary/aromatic N) is 2. The predicted octanol–water partition coefficient (Wildman–Crippen LogP) is 0.788. The number of amides is 1. The largest absolute Gasteiger partial charge is 0.351 e. The number of carbonyl (C=O) groups excluding carboxylic acids is 1. The summed E-state index contributed by atoms with van der Waals surface area (Å²) in [6, 6.07) is 7.49. The van der Waals surface area contributed by atoms with Crippen molar-refractivity contribution in [2.45, 2.75) is 32.0 Å². The number of nitrogens with one attached hydrogen (secondary N) is 1. The van der Waals surface area contributed by atoms with Gasteiger partial charge in [0.1, 0.15) is 6.04 Å². The first-order valence-corrected chi connectivity index (χ1v) is 9.59. The average Bonchev–Trinajstić information content (AvgIpc) is 2.95. The molecule has 1 amide bonds. The van der Waals surface area contributed by atoms with Crippen LogP contribution in [0, 0.1) is 0 Å². The summed E-state index contributed by atoms with van der Waals surface area (Å²) in [6.45, 7) is 1.71. The molecule has 1 aliphatic heterocycles. The van der Waals surface area contributed by atoms with Gasteiger partial charge >= 0.3 is 0 Å². The number of hydrogen-bond donors (Lipinski definition) is 1. The summed E-state index contributed by atoms with van der Waals surface area (Å²) in [4.78, 5) is 14.4. The molecule has 6 nitrogen and oxygen atoms in total. The van der Waals surface area contributed by atoms with Crippen LogP contribution in [0.25, 0.3) is 0 Å². The second-order valence-electron chi connectivity index (χ2n) is 6.30. The molecule has 1 atom stereocenters. The minimum absolute atomic E-state index is 0.217. The van der Waals surface area contributed by atoms with Crippen molar-refractivity contribution in [2.75, 3.05) is 26.9 Å². The lowest BCUT2D eigenvalue weighted by atomic mass is 10.1. The summed E-state index contributed by atoms with van der Waals surface area (Å²) in [5.41, 5.74) is 2.22. The van der Waals surface area contributed by atoms with Gasteiger partial charge in [-0.15, -0.1) is 0 Å². The van der Waals surface area contributed by atoms with Crippen molar-refractivity contribution >= 4 is 15.9 Å². The molecule has 0 bridgehead atoms. The SMILES string of the molecule is CN(C)Cc1ccc(CNC(=O)[C@@H]2CCCN2S(C)(=O)=O)cc1. The van der Waals surface area contributed by atoms with Crippen LogP contribution in [0.2, 0.25) is 0 Å². The van der Waals surface area contributed by atoms with Gasteiger partial charge in [-0.2, -0.15) is 4.31 Å². The summed E-state index contributed by atoms with van der Waals surface area (Å²) in [5.74, 6) is -0.217. The van der Waals surface area contributed by atoms with Crippen molar-refractivity contribution in [3.05, 3.63) is 35.4 Å². The van der Waals surface area contributed by atoms with Gasteiger partial charge in [0.05, 0.1) is 6.26 Å². The Bertz CT molecular complexity index is 641. The maximum absolute atomic E-state index is 12.3. The van der Waals surface area contributed by atoms with Crippen LogP contribution in [0.5, 0.6) is 0 Å². The normalized spacial score (nSPS) is 19.2. The van der Waals surface area contributed by atoms with Crippen molar-refractivity contribution in [3.8, 4) is 0 Å². The summed E-state index contributed by atoms with van der Waals surface area (Å²) < 4.78 is 24.7. The average molecular weight is 339 g/mol. The van der Waals surface area contributed by atoms with Crippen LogP contribution in [0.15, 0.2) is 24.3 Å². The zero-order chi connectivity index (χ0) is 17.0. The second-order valence-corrected chi connectivity index (χ2v) is 8.24. The van der Waals surface area contributed by atoms with Crippen molar-refractivity contribution in [1.82, 2.24) is 14.5 Å². The third-order valence-electron chi connectivity index (χ3n) is 3.92. The van der Waals surface area contributed by atoms with Gasteiger partial charge in [-0.25, -0.2) is 8.42 Å². The Labute approximate surface area is 138 Å². The van der Waals surface area contributed by atoms with Gasteiger partial charge in [0.15, 0.2) is 0 Å². The molecule has 1 aromatic rings. The highest BCUT2D eigenvalue weighted by Crippen LogP contribution is 2.20. The molecule has 0 aliphatic carbocycles. The fourth-order valence-electron chi connectivity index (χ4n) is 2.83. The number of benzene rings is 1. The van der Waals surface area contributed by atoms with Gasteiger partial charge in [0.25, 0.3) is 0 Å². The van der Waals surface area contributed by atoms with Crippen molar-refractivity contribution in [3.63, 3.8) is 0 Å². The van der Waals surface area contributed by atoms with E-state index in [0.29, 0.717) is 19.5 Å². The van der Waals surface area contributed by atoms with Crippen LogP contribution in [0.3, 0.4) is 0 Å². The lowest BCUT2D eigenvalue weighted by Crippen LogP contribution is -2.45. The second kappa shape index (κ2) is 7.42. The Morgan fingerprint density at radius 1 is 1.26 bits per heavy atom. The third kappa shape index (κ3) is 5.02. The molecular weight excluding hydrogens is 314 g/mol. The monoisotopic (exact) mass is 339 g/mol. The van der Waals surface area contributed by atoms with E-state index in [1.165, 1.54) is 9.87 Å². The molecule has 0 radical (unpaired) electrons. The highest BCUT2D eigenvalue weighted by molar-refractivity contribution is 7.88. The number of sulfonamides is 1.